The number of ether oxygens (including phenoxy) is 5. The standard InChI is InChI=1S/C18H32O16/c19-1-4-7(22)10(25)12(27)17(31-4)33-14-9(24)6(3-21)30-16(29)15(14)34-18-13(28)11(26)8(23)5(2-20)32-18/h4-29H,1-3H2/t4-,5-,6-,7-,8+,9-,10+,11+,12-,13-,14+,15-,16+,17+,18-/m1/s1. The molecule has 0 amide bonds. The molecule has 3 fully saturated rings. The van der Waals surface area contributed by atoms with Crippen molar-refractivity contribution in [2.24, 2.45) is 0 Å². The minimum atomic E-state index is -1.94. The molecule has 0 aliphatic carbocycles. The summed E-state index contributed by atoms with van der Waals surface area (Å²) in [6, 6.07) is 0. The Kier molecular flexibility index (Phi) is 9.54. The lowest BCUT2D eigenvalue weighted by molar-refractivity contribution is -0.387. The van der Waals surface area contributed by atoms with Gasteiger partial charge in [-0.05, 0) is 0 Å². The Morgan fingerprint density at radius 3 is 1.24 bits per heavy atom. The van der Waals surface area contributed by atoms with Crippen LogP contribution < -0.4 is 0 Å². The van der Waals surface area contributed by atoms with Crippen LogP contribution in [0.4, 0.5) is 0 Å². The van der Waals surface area contributed by atoms with E-state index in [1.807, 2.05) is 0 Å². The maximum Gasteiger partial charge on any atom is 0.187 e. The molecule has 0 spiro atoms. The Hall–Kier alpha value is -0.640. The molecular weight excluding hydrogens is 472 g/mol. The lowest BCUT2D eigenvalue weighted by atomic mass is 9.96. The molecule has 16 nitrogen and oxygen atoms in total. The third-order valence-electron chi connectivity index (χ3n) is 6.10. The number of rotatable bonds is 7. The predicted molar refractivity (Wildman–Crippen MR) is 101 cm³/mol. The largest absolute Gasteiger partial charge is 0.394 e. The molecule has 3 saturated heterocycles. The zero-order valence-electron chi connectivity index (χ0n) is 17.7. The first-order valence-electron chi connectivity index (χ1n) is 10.6. The first kappa shape index (κ1) is 27.9. The van der Waals surface area contributed by atoms with Crippen LogP contribution in [-0.2, 0) is 23.7 Å². The minimum absolute atomic E-state index is 0.769. The highest BCUT2D eigenvalue weighted by atomic mass is 16.8. The van der Waals surface area contributed by atoms with Crippen LogP contribution in [0.3, 0.4) is 0 Å². The van der Waals surface area contributed by atoms with Crippen molar-refractivity contribution in [3.8, 4) is 0 Å². The SMILES string of the molecule is OC[C@H]1O[C@H](O[C@@H]2[C@@H](O[C@@H]3O[C@H](CO)[C@@H](O)[C@H](O)[C@H]3O)[C@H](O)[C@@H](CO)O[C@@H]2O)[C@H](O)[C@@H](O)[C@H]1O. The molecule has 3 aliphatic heterocycles. The Labute approximate surface area is 192 Å². The Balaban J connectivity index is 1.83. The molecule has 3 rings (SSSR count). The van der Waals surface area contributed by atoms with Crippen LogP contribution in [0.15, 0.2) is 0 Å². The molecule has 0 saturated carbocycles. The molecule has 0 aromatic carbocycles. The topological polar surface area (TPSA) is 269 Å². The van der Waals surface area contributed by atoms with Crippen LogP contribution in [0.2, 0.25) is 0 Å². The van der Waals surface area contributed by atoms with Crippen molar-refractivity contribution in [1.82, 2.24) is 0 Å². The van der Waals surface area contributed by atoms with E-state index in [2.05, 4.69) is 0 Å². The summed E-state index contributed by atoms with van der Waals surface area (Å²) in [4.78, 5) is 0. The van der Waals surface area contributed by atoms with Crippen LogP contribution in [0.5, 0.6) is 0 Å². The van der Waals surface area contributed by atoms with E-state index in [1.165, 1.54) is 0 Å². The second kappa shape index (κ2) is 11.6. The molecule has 0 radical (unpaired) electrons. The van der Waals surface area contributed by atoms with Crippen molar-refractivity contribution in [2.45, 2.75) is 92.1 Å². The second-order valence-corrected chi connectivity index (χ2v) is 8.33. The summed E-state index contributed by atoms with van der Waals surface area (Å²) in [5.74, 6) is 0. The molecule has 15 atom stereocenters. The van der Waals surface area contributed by atoms with Crippen molar-refractivity contribution >= 4 is 0 Å². The molecule has 0 unspecified atom stereocenters. The van der Waals surface area contributed by atoms with Crippen molar-refractivity contribution in [3.63, 3.8) is 0 Å². The van der Waals surface area contributed by atoms with E-state index in [-0.39, 0.29) is 0 Å². The first-order chi connectivity index (χ1) is 16.0. The monoisotopic (exact) mass is 504 g/mol. The zero-order chi connectivity index (χ0) is 25.3. The van der Waals surface area contributed by atoms with Crippen LogP contribution in [0.1, 0.15) is 0 Å². The quantitative estimate of drug-likeness (QED) is 0.154. The third-order valence-corrected chi connectivity index (χ3v) is 6.10. The summed E-state index contributed by atoms with van der Waals surface area (Å²) in [5.41, 5.74) is 0. The average molecular weight is 504 g/mol. The molecule has 11 N–H and O–H groups in total. The van der Waals surface area contributed by atoms with Gasteiger partial charge in [-0.15, -0.1) is 0 Å². The maximum absolute atomic E-state index is 10.6. The summed E-state index contributed by atoms with van der Waals surface area (Å²) < 4.78 is 26.5. The van der Waals surface area contributed by atoms with Gasteiger partial charge in [0, 0.05) is 0 Å². The fourth-order valence-corrected chi connectivity index (χ4v) is 4.03. The smallest absolute Gasteiger partial charge is 0.187 e. The normalized spacial score (nSPS) is 52.5. The summed E-state index contributed by atoms with van der Waals surface area (Å²) in [7, 11) is 0. The van der Waals surface area contributed by atoms with Gasteiger partial charge in [0.25, 0.3) is 0 Å². The van der Waals surface area contributed by atoms with Gasteiger partial charge in [0.15, 0.2) is 18.9 Å². The minimum Gasteiger partial charge on any atom is -0.394 e. The third kappa shape index (κ3) is 5.37. The summed E-state index contributed by atoms with van der Waals surface area (Å²) >= 11 is 0. The predicted octanol–water partition coefficient (Wildman–Crippen LogP) is -7.57. The molecular formula is C18H32O16. The molecule has 16 heteroatoms. The van der Waals surface area contributed by atoms with Crippen molar-refractivity contribution in [3.05, 3.63) is 0 Å². The fourth-order valence-electron chi connectivity index (χ4n) is 4.03. The molecule has 0 bridgehead atoms. The number of hydrogen-bond acceptors (Lipinski definition) is 16. The van der Waals surface area contributed by atoms with Crippen molar-refractivity contribution in [1.29, 1.82) is 0 Å². The Morgan fingerprint density at radius 2 is 0.824 bits per heavy atom. The molecule has 3 heterocycles. The van der Waals surface area contributed by atoms with Crippen LogP contribution in [0.25, 0.3) is 0 Å². The highest BCUT2D eigenvalue weighted by molar-refractivity contribution is 4.96. The van der Waals surface area contributed by atoms with Crippen molar-refractivity contribution < 1.29 is 79.9 Å². The highest BCUT2D eigenvalue weighted by Gasteiger charge is 2.53. The number of hydrogen-bond donors (Lipinski definition) is 11. The zero-order valence-corrected chi connectivity index (χ0v) is 17.7. The van der Waals surface area contributed by atoms with E-state index >= 15 is 0 Å². The summed E-state index contributed by atoms with van der Waals surface area (Å²) in [5, 5.41) is 109. The molecule has 34 heavy (non-hydrogen) atoms. The van der Waals surface area contributed by atoms with Gasteiger partial charge in [0.2, 0.25) is 0 Å². The average Bonchev–Trinajstić information content (AvgIpc) is 2.83. The van der Waals surface area contributed by atoms with Gasteiger partial charge in [0.1, 0.15) is 73.2 Å². The van der Waals surface area contributed by atoms with Gasteiger partial charge in [-0.25, -0.2) is 0 Å². The van der Waals surface area contributed by atoms with E-state index in [9.17, 15) is 56.2 Å². The number of aliphatic hydroxyl groups is 11. The number of aliphatic hydroxyl groups excluding tert-OH is 11. The van der Waals surface area contributed by atoms with Crippen molar-refractivity contribution in [2.75, 3.05) is 19.8 Å². The molecule has 0 aromatic rings. The Morgan fingerprint density at radius 1 is 0.441 bits per heavy atom. The fraction of sp³-hybridized carbons (Fsp3) is 1.00. The van der Waals surface area contributed by atoms with Crippen LogP contribution in [0, 0.1) is 0 Å². The molecule has 3 aliphatic rings. The second-order valence-electron chi connectivity index (χ2n) is 8.33. The lowest BCUT2D eigenvalue weighted by Crippen LogP contribution is -2.67. The van der Waals surface area contributed by atoms with E-state index in [1.54, 1.807) is 0 Å². The summed E-state index contributed by atoms with van der Waals surface area (Å²) in [6.07, 6.45) is -25.6. The molecule has 0 aromatic heterocycles. The highest BCUT2D eigenvalue weighted by Crippen LogP contribution is 2.32. The van der Waals surface area contributed by atoms with E-state index < -0.39 is 112 Å². The van der Waals surface area contributed by atoms with Gasteiger partial charge in [0.05, 0.1) is 19.8 Å². The van der Waals surface area contributed by atoms with Gasteiger partial charge in [-0.2, -0.15) is 0 Å². The van der Waals surface area contributed by atoms with Gasteiger partial charge >= 0.3 is 0 Å². The van der Waals surface area contributed by atoms with E-state index in [0.717, 1.165) is 0 Å². The van der Waals surface area contributed by atoms with Gasteiger partial charge in [-0.1, -0.05) is 0 Å². The van der Waals surface area contributed by atoms with Gasteiger partial charge in [-0.3, -0.25) is 0 Å². The van der Waals surface area contributed by atoms with Gasteiger partial charge < -0.3 is 79.9 Å². The summed E-state index contributed by atoms with van der Waals surface area (Å²) in [6.45, 7) is -2.33. The van der Waals surface area contributed by atoms with Crippen LogP contribution in [-0.4, -0.2) is 168 Å². The first-order valence-corrected chi connectivity index (χ1v) is 10.6. The molecule has 200 valence electrons. The lowest BCUT2D eigenvalue weighted by Gasteiger charge is -2.48. The maximum atomic E-state index is 10.6. The van der Waals surface area contributed by atoms with E-state index in [0.29, 0.717) is 0 Å². The van der Waals surface area contributed by atoms with E-state index in [4.69, 9.17) is 23.7 Å². The van der Waals surface area contributed by atoms with Crippen LogP contribution >= 0.6 is 0 Å². The Bertz CT molecular complexity index is 637.